The van der Waals surface area contributed by atoms with E-state index >= 15 is 0 Å². The van der Waals surface area contributed by atoms with Crippen molar-refractivity contribution in [1.82, 2.24) is 10.2 Å². The normalized spacial score (nSPS) is 25.7. The number of rotatable bonds is 11. The maximum atomic E-state index is 6.05. The first-order valence-corrected chi connectivity index (χ1v) is 9.82. The van der Waals surface area contributed by atoms with Crippen LogP contribution in [0.4, 0.5) is 0 Å². The van der Waals surface area contributed by atoms with E-state index < -0.39 is 0 Å². The minimum Gasteiger partial charge on any atom is -0.378 e. The molecule has 0 saturated carbocycles. The molecule has 0 aromatic rings. The van der Waals surface area contributed by atoms with Gasteiger partial charge in [0.2, 0.25) is 0 Å². The lowest BCUT2D eigenvalue weighted by molar-refractivity contribution is -0.0761. The molecule has 0 bridgehead atoms. The first kappa shape index (κ1) is 20.9. The first-order valence-electron chi connectivity index (χ1n) is 9.82. The maximum Gasteiger partial charge on any atom is 0.0603 e. The Morgan fingerprint density at radius 2 is 1.87 bits per heavy atom. The lowest BCUT2D eigenvalue weighted by atomic mass is 9.69. The quantitative estimate of drug-likeness (QED) is 0.577. The maximum absolute atomic E-state index is 6.05. The van der Waals surface area contributed by atoms with Gasteiger partial charge in [0, 0.05) is 6.61 Å². The Hall–Kier alpha value is -0.120. The molecular formula is C20H42N2O. The Labute approximate surface area is 145 Å². The summed E-state index contributed by atoms with van der Waals surface area (Å²) in [6.07, 6.45) is 8.25. The Morgan fingerprint density at radius 1 is 1.13 bits per heavy atom. The molecule has 23 heavy (non-hydrogen) atoms. The van der Waals surface area contributed by atoms with Gasteiger partial charge in [-0.3, -0.25) is 0 Å². The van der Waals surface area contributed by atoms with E-state index in [4.69, 9.17) is 4.74 Å². The molecule has 3 nitrogen and oxygen atoms in total. The Bertz CT molecular complexity index is 304. The van der Waals surface area contributed by atoms with Gasteiger partial charge in [-0.05, 0) is 83.1 Å². The Balaban J connectivity index is 2.45. The van der Waals surface area contributed by atoms with E-state index in [2.05, 4.69) is 52.0 Å². The van der Waals surface area contributed by atoms with Gasteiger partial charge in [-0.2, -0.15) is 0 Å². The van der Waals surface area contributed by atoms with Crippen LogP contribution < -0.4 is 5.32 Å². The van der Waals surface area contributed by atoms with E-state index in [1.807, 2.05) is 0 Å². The predicted molar refractivity (Wildman–Crippen MR) is 101 cm³/mol. The van der Waals surface area contributed by atoms with Gasteiger partial charge in [0.15, 0.2) is 0 Å². The van der Waals surface area contributed by atoms with Crippen LogP contribution in [0.1, 0.15) is 66.2 Å². The lowest BCUT2D eigenvalue weighted by Crippen LogP contribution is -2.40. The fourth-order valence-electron chi connectivity index (χ4n) is 3.62. The molecule has 2 atom stereocenters. The highest BCUT2D eigenvalue weighted by Gasteiger charge is 2.37. The molecule has 0 aromatic carbocycles. The summed E-state index contributed by atoms with van der Waals surface area (Å²) in [4.78, 5) is 2.26. The van der Waals surface area contributed by atoms with E-state index in [1.165, 1.54) is 45.1 Å². The van der Waals surface area contributed by atoms with E-state index in [0.717, 1.165) is 25.6 Å². The van der Waals surface area contributed by atoms with Crippen molar-refractivity contribution >= 4 is 0 Å². The SMILES string of the molecule is CC(C)CC[C@@]1(CCNCCCN(C)C)CCO[C@@H](C(C)C)C1. The van der Waals surface area contributed by atoms with Crippen molar-refractivity contribution in [2.75, 3.05) is 40.3 Å². The molecule has 0 radical (unpaired) electrons. The van der Waals surface area contributed by atoms with Crippen LogP contribution in [0.2, 0.25) is 0 Å². The number of nitrogens with one attached hydrogen (secondary N) is 1. The van der Waals surface area contributed by atoms with Crippen molar-refractivity contribution in [1.29, 1.82) is 0 Å². The summed E-state index contributed by atoms with van der Waals surface area (Å²) in [7, 11) is 4.30. The summed E-state index contributed by atoms with van der Waals surface area (Å²) in [6.45, 7) is 13.8. The van der Waals surface area contributed by atoms with Crippen LogP contribution in [0.5, 0.6) is 0 Å². The van der Waals surface area contributed by atoms with Gasteiger partial charge in [-0.15, -0.1) is 0 Å². The molecule has 0 unspecified atom stereocenters. The Kier molecular flexibility index (Phi) is 9.72. The van der Waals surface area contributed by atoms with Crippen molar-refractivity contribution in [3.8, 4) is 0 Å². The standard InChI is InChI=1S/C20H42N2O/c1-17(2)8-9-20(10-13-21-12-7-14-22(5)6)11-15-23-19(16-20)18(3)4/h17-19,21H,7-16H2,1-6H3/t19-,20-/m1/s1. The van der Waals surface area contributed by atoms with Crippen molar-refractivity contribution in [2.45, 2.75) is 72.3 Å². The van der Waals surface area contributed by atoms with E-state index in [0.29, 0.717) is 17.4 Å². The zero-order valence-corrected chi connectivity index (χ0v) is 16.7. The van der Waals surface area contributed by atoms with Gasteiger partial charge in [0.25, 0.3) is 0 Å². The molecule has 1 aliphatic heterocycles. The third-order valence-electron chi connectivity index (χ3n) is 5.39. The number of hydrogen-bond donors (Lipinski definition) is 1. The van der Waals surface area contributed by atoms with E-state index in [-0.39, 0.29) is 0 Å². The largest absolute Gasteiger partial charge is 0.378 e. The molecule has 0 amide bonds. The molecule has 1 N–H and O–H groups in total. The average molecular weight is 327 g/mol. The molecule has 1 fully saturated rings. The average Bonchev–Trinajstić information content (AvgIpc) is 2.49. The smallest absolute Gasteiger partial charge is 0.0603 e. The first-order chi connectivity index (χ1) is 10.8. The van der Waals surface area contributed by atoms with Gasteiger partial charge in [-0.1, -0.05) is 34.1 Å². The third-order valence-corrected chi connectivity index (χ3v) is 5.39. The molecular weight excluding hydrogens is 284 g/mol. The summed E-state index contributed by atoms with van der Waals surface area (Å²) >= 11 is 0. The molecule has 0 spiro atoms. The fourth-order valence-corrected chi connectivity index (χ4v) is 3.62. The van der Waals surface area contributed by atoms with E-state index in [1.54, 1.807) is 0 Å². The van der Waals surface area contributed by atoms with Gasteiger partial charge >= 0.3 is 0 Å². The third kappa shape index (κ3) is 8.51. The van der Waals surface area contributed by atoms with Crippen molar-refractivity contribution in [3.05, 3.63) is 0 Å². The predicted octanol–water partition coefficient (Wildman–Crippen LogP) is 4.18. The molecule has 3 heteroatoms. The highest BCUT2D eigenvalue weighted by molar-refractivity contribution is 4.88. The highest BCUT2D eigenvalue weighted by Crippen LogP contribution is 2.43. The molecule has 1 rings (SSSR count). The minimum atomic E-state index is 0.463. The molecule has 1 heterocycles. The zero-order chi connectivity index (χ0) is 17.3. The molecule has 0 aromatic heterocycles. The molecule has 1 saturated heterocycles. The van der Waals surface area contributed by atoms with Crippen LogP contribution in [0.25, 0.3) is 0 Å². The van der Waals surface area contributed by atoms with Crippen molar-refractivity contribution < 1.29 is 4.74 Å². The van der Waals surface area contributed by atoms with E-state index in [9.17, 15) is 0 Å². The number of nitrogens with zero attached hydrogens (tertiary/aromatic N) is 1. The Morgan fingerprint density at radius 3 is 2.48 bits per heavy atom. The molecule has 138 valence electrons. The van der Waals surface area contributed by atoms with Crippen LogP contribution in [-0.2, 0) is 4.74 Å². The zero-order valence-electron chi connectivity index (χ0n) is 16.7. The summed E-state index contributed by atoms with van der Waals surface area (Å²) in [5.41, 5.74) is 0.506. The fraction of sp³-hybridized carbons (Fsp3) is 1.00. The lowest BCUT2D eigenvalue weighted by Gasteiger charge is -2.43. The minimum absolute atomic E-state index is 0.463. The van der Waals surface area contributed by atoms with Crippen LogP contribution in [0.15, 0.2) is 0 Å². The topological polar surface area (TPSA) is 24.5 Å². The van der Waals surface area contributed by atoms with Crippen molar-refractivity contribution in [3.63, 3.8) is 0 Å². The monoisotopic (exact) mass is 326 g/mol. The van der Waals surface area contributed by atoms with Gasteiger partial charge in [0.1, 0.15) is 0 Å². The molecule has 1 aliphatic rings. The second kappa shape index (κ2) is 10.7. The van der Waals surface area contributed by atoms with Crippen LogP contribution in [0, 0.1) is 17.3 Å². The second-order valence-corrected chi connectivity index (χ2v) is 8.70. The van der Waals surface area contributed by atoms with Gasteiger partial charge in [-0.25, -0.2) is 0 Å². The van der Waals surface area contributed by atoms with Gasteiger partial charge in [0.05, 0.1) is 6.10 Å². The molecule has 0 aliphatic carbocycles. The summed E-state index contributed by atoms with van der Waals surface area (Å²) < 4.78 is 6.05. The summed E-state index contributed by atoms with van der Waals surface area (Å²) in [5.74, 6) is 1.45. The van der Waals surface area contributed by atoms with Crippen LogP contribution >= 0.6 is 0 Å². The van der Waals surface area contributed by atoms with Crippen LogP contribution in [-0.4, -0.2) is 51.3 Å². The van der Waals surface area contributed by atoms with Gasteiger partial charge < -0.3 is 15.0 Å². The summed E-state index contributed by atoms with van der Waals surface area (Å²) in [5, 5.41) is 3.68. The van der Waals surface area contributed by atoms with Crippen LogP contribution in [0.3, 0.4) is 0 Å². The van der Waals surface area contributed by atoms with Crippen molar-refractivity contribution in [2.24, 2.45) is 17.3 Å². The number of hydrogen-bond acceptors (Lipinski definition) is 3. The highest BCUT2D eigenvalue weighted by atomic mass is 16.5. The number of ether oxygens (including phenoxy) is 1. The second-order valence-electron chi connectivity index (χ2n) is 8.70. The summed E-state index contributed by atoms with van der Waals surface area (Å²) in [6, 6.07) is 0.